The van der Waals surface area contributed by atoms with Crippen LogP contribution in [-0.2, 0) is 14.2 Å². The lowest BCUT2D eigenvalue weighted by molar-refractivity contribution is -0.188. The molecule has 0 saturated carbocycles. The topological polar surface area (TPSA) is 30.9 Å². The van der Waals surface area contributed by atoms with Gasteiger partial charge in [-0.05, 0) is 6.92 Å². The van der Waals surface area contributed by atoms with Gasteiger partial charge in [0.25, 0.3) is 0 Å². The maximum Gasteiger partial charge on any atom is 0.170 e. The van der Waals surface area contributed by atoms with Gasteiger partial charge in [0.2, 0.25) is 0 Å². The first kappa shape index (κ1) is 11.3. The van der Waals surface area contributed by atoms with Crippen molar-refractivity contribution in [2.75, 3.05) is 40.0 Å². The molecule has 1 atom stereocenters. The van der Waals surface area contributed by atoms with Gasteiger partial charge in [-0.2, -0.15) is 0 Å². The van der Waals surface area contributed by atoms with Crippen LogP contribution in [-0.4, -0.2) is 56.7 Å². The van der Waals surface area contributed by atoms with Crippen LogP contribution >= 0.6 is 0 Å². The molecule has 1 spiro atoms. The summed E-state index contributed by atoms with van der Waals surface area (Å²) in [5, 5.41) is 0. The Morgan fingerprint density at radius 3 is 2.40 bits per heavy atom. The fourth-order valence-electron chi connectivity index (χ4n) is 2.44. The zero-order valence-electron chi connectivity index (χ0n) is 9.70. The van der Waals surface area contributed by atoms with Crippen LogP contribution < -0.4 is 0 Å². The van der Waals surface area contributed by atoms with Crippen LogP contribution in [0.4, 0.5) is 0 Å². The second kappa shape index (κ2) is 4.78. The van der Waals surface area contributed by atoms with E-state index in [9.17, 15) is 0 Å². The molecule has 0 aromatic heterocycles. The number of likely N-dealkylation sites (tertiary alicyclic amines) is 1. The molecule has 2 aliphatic heterocycles. The summed E-state index contributed by atoms with van der Waals surface area (Å²) in [6, 6.07) is 0.494. The lowest BCUT2D eigenvalue weighted by Gasteiger charge is -2.40. The highest BCUT2D eigenvalue weighted by molar-refractivity contribution is 4.84. The molecular weight excluding hydrogens is 194 g/mol. The number of nitrogens with zero attached hydrogens (tertiary/aromatic N) is 1. The van der Waals surface area contributed by atoms with Crippen molar-refractivity contribution in [2.45, 2.75) is 31.6 Å². The van der Waals surface area contributed by atoms with Crippen molar-refractivity contribution in [3.63, 3.8) is 0 Å². The maximum atomic E-state index is 5.69. The van der Waals surface area contributed by atoms with Crippen LogP contribution in [0.5, 0.6) is 0 Å². The molecule has 0 amide bonds. The van der Waals surface area contributed by atoms with E-state index < -0.39 is 0 Å². The van der Waals surface area contributed by atoms with Crippen LogP contribution in [0, 0.1) is 0 Å². The number of methoxy groups -OCH3 is 1. The van der Waals surface area contributed by atoms with Crippen molar-refractivity contribution < 1.29 is 14.2 Å². The van der Waals surface area contributed by atoms with E-state index in [0.29, 0.717) is 6.04 Å². The van der Waals surface area contributed by atoms with Crippen LogP contribution in [0.25, 0.3) is 0 Å². The van der Waals surface area contributed by atoms with Crippen molar-refractivity contribution in [1.82, 2.24) is 4.90 Å². The molecule has 4 heteroatoms. The number of hydrogen-bond donors (Lipinski definition) is 0. The third-order valence-corrected chi connectivity index (χ3v) is 3.40. The van der Waals surface area contributed by atoms with E-state index >= 15 is 0 Å². The predicted molar refractivity (Wildman–Crippen MR) is 56.8 cm³/mol. The Morgan fingerprint density at radius 2 is 1.87 bits per heavy atom. The van der Waals surface area contributed by atoms with Gasteiger partial charge in [0.1, 0.15) is 0 Å². The molecule has 2 saturated heterocycles. The molecule has 0 N–H and O–H groups in total. The highest BCUT2D eigenvalue weighted by Gasteiger charge is 2.40. The summed E-state index contributed by atoms with van der Waals surface area (Å²) < 4.78 is 16.5. The van der Waals surface area contributed by atoms with Crippen LogP contribution in [0.15, 0.2) is 0 Å². The fraction of sp³-hybridized carbons (Fsp3) is 1.00. The summed E-state index contributed by atoms with van der Waals surface area (Å²) in [5.74, 6) is -0.247. The molecule has 1 unspecified atom stereocenters. The first-order valence-corrected chi connectivity index (χ1v) is 5.77. The zero-order valence-corrected chi connectivity index (χ0v) is 9.70. The number of hydrogen-bond acceptors (Lipinski definition) is 4. The van der Waals surface area contributed by atoms with E-state index in [4.69, 9.17) is 14.2 Å². The number of rotatable bonds is 3. The molecule has 0 bridgehead atoms. The van der Waals surface area contributed by atoms with Crippen molar-refractivity contribution >= 4 is 0 Å². The minimum atomic E-state index is -0.247. The largest absolute Gasteiger partial charge is 0.383 e. The van der Waals surface area contributed by atoms with Crippen molar-refractivity contribution in [3.8, 4) is 0 Å². The molecule has 0 radical (unpaired) electrons. The van der Waals surface area contributed by atoms with E-state index in [1.165, 1.54) is 0 Å². The van der Waals surface area contributed by atoms with E-state index in [2.05, 4.69) is 11.8 Å². The van der Waals surface area contributed by atoms with Gasteiger partial charge in [0.05, 0.1) is 19.8 Å². The number of ether oxygens (including phenoxy) is 3. The lowest BCUT2D eigenvalue weighted by Crippen LogP contribution is -2.49. The highest BCUT2D eigenvalue weighted by Crippen LogP contribution is 2.31. The highest BCUT2D eigenvalue weighted by atomic mass is 16.7. The van der Waals surface area contributed by atoms with Crippen LogP contribution in [0.1, 0.15) is 19.8 Å². The van der Waals surface area contributed by atoms with Gasteiger partial charge < -0.3 is 14.2 Å². The standard InChI is InChI=1S/C11H21NO3/c1-10(9-13-2)12-5-3-11(4-6-12)14-7-8-15-11/h10H,3-9H2,1-2H3. The minimum absolute atomic E-state index is 0.247. The Hall–Kier alpha value is -0.160. The average molecular weight is 215 g/mol. The summed E-state index contributed by atoms with van der Waals surface area (Å²) in [7, 11) is 1.76. The molecule has 2 aliphatic rings. The summed E-state index contributed by atoms with van der Waals surface area (Å²) in [5.41, 5.74) is 0. The van der Waals surface area contributed by atoms with E-state index in [-0.39, 0.29) is 5.79 Å². The van der Waals surface area contributed by atoms with Gasteiger partial charge in [-0.1, -0.05) is 0 Å². The Bertz CT molecular complexity index is 194. The summed E-state index contributed by atoms with van der Waals surface area (Å²) in [4.78, 5) is 2.44. The molecule has 0 aromatic rings. The summed E-state index contributed by atoms with van der Waals surface area (Å²) in [6.45, 7) is 6.61. The molecule has 0 aliphatic carbocycles. The van der Waals surface area contributed by atoms with Gasteiger partial charge in [-0.3, -0.25) is 4.90 Å². The third kappa shape index (κ3) is 2.50. The van der Waals surface area contributed by atoms with Crippen LogP contribution in [0.2, 0.25) is 0 Å². The van der Waals surface area contributed by atoms with Crippen LogP contribution in [0.3, 0.4) is 0 Å². The molecule has 88 valence electrons. The molecule has 2 rings (SSSR count). The monoisotopic (exact) mass is 215 g/mol. The molecular formula is C11H21NO3. The van der Waals surface area contributed by atoms with Gasteiger partial charge in [0, 0.05) is 39.1 Å². The SMILES string of the molecule is COCC(C)N1CCC2(CC1)OCCO2. The quantitative estimate of drug-likeness (QED) is 0.698. The number of piperidine rings is 1. The van der Waals surface area contributed by atoms with Gasteiger partial charge >= 0.3 is 0 Å². The second-order valence-electron chi connectivity index (χ2n) is 4.45. The van der Waals surface area contributed by atoms with Crippen molar-refractivity contribution in [1.29, 1.82) is 0 Å². The average Bonchev–Trinajstić information content (AvgIpc) is 2.68. The predicted octanol–water partition coefficient (Wildman–Crippen LogP) is 0.860. The normalized spacial score (nSPS) is 28.4. The smallest absolute Gasteiger partial charge is 0.170 e. The lowest BCUT2D eigenvalue weighted by atomic mass is 10.0. The van der Waals surface area contributed by atoms with E-state index in [0.717, 1.165) is 45.8 Å². The Kier molecular flexibility index (Phi) is 3.61. The third-order valence-electron chi connectivity index (χ3n) is 3.40. The Morgan fingerprint density at radius 1 is 1.27 bits per heavy atom. The van der Waals surface area contributed by atoms with Crippen molar-refractivity contribution in [2.24, 2.45) is 0 Å². The van der Waals surface area contributed by atoms with Crippen molar-refractivity contribution in [3.05, 3.63) is 0 Å². The van der Waals surface area contributed by atoms with E-state index in [1.54, 1.807) is 7.11 Å². The minimum Gasteiger partial charge on any atom is -0.383 e. The Labute approximate surface area is 91.5 Å². The Balaban J connectivity index is 1.81. The molecule has 0 aromatic carbocycles. The van der Waals surface area contributed by atoms with Gasteiger partial charge in [-0.25, -0.2) is 0 Å². The van der Waals surface area contributed by atoms with Gasteiger partial charge in [-0.15, -0.1) is 0 Å². The summed E-state index contributed by atoms with van der Waals surface area (Å²) in [6.07, 6.45) is 1.97. The molecule has 4 nitrogen and oxygen atoms in total. The molecule has 15 heavy (non-hydrogen) atoms. The fourth-order valence-corrected chi connectivity index (χ4v) is 2.44. The van der Waals surface area contributed by atoms with E-state index in [1.807, 2.05) is 0 Å². The first-order valence-electron chi connectivity index (χ1n) is 5.77. The summed E-state index contributed by atoms with van der Waals surface area (Å²) >= 11 is 0. The van der Waals surface area contributed by atoms with Gasteiger partial charge in [0.15, 0.2) is 5.79 Å². The maximum absolute atomic E-state index is 5.69. The second-order valence-corrected chi connectivity index (χ2v) is 4.45. The first-order chi connectivity index (χ1) is 7.26. The zero-order chi connectivity index (χ0) is 10.7. The molecule has 2 fully saturated rings. The molecule has 2 heterocycles.